The second-order valence-corrected chi connectivity index (χ2v) is 7.87. The lowest BCUT2D eigenvalue weighted by molar-refractivity contribution is -0.134. The molecular formula is C20H24N6O3. The molecule has 29 heavy (non-hydrogen) atoms. The molecule has 2 heterocycles. The molecule has 0 radical (unpaired) electrons. The Morgan fingerprint density at radius 1 is 1.10 bits per heavy atom. The van der Waals surface area contributed by atoms with Gasteiger partial charge >= 0.3 is 6.03 Å². The summed E-state index contributed by atoms with van der Waals surface area (Å²) in [5.41, 5.74) is 4.83. The Morgan fingerprint density at radius 3 is 2.52 bits per heavy atom. The summed E-state index contributed by atoms with van der Waals surface area (Å²) in [6.45, 7) is 5.60. The summed E-state index contributed by atoms with van der Waals surface area (Å²) in [7, 11) is 0. The van der Waals surface area contributed by atoms with Crippen molar-refractivity contribution in [2.45, 2.75) is 58.4 Å². The second kappa shape index (κ2) is 6.98. The highest BCUT2D eigenvalue weighted by Crippen LogP contribution is 2.33. The molecule has 1 aliphatic heterocycles. The molecule has 1 saturated carbocycles. The predicted molar refractivity (Wildman–Crippen MR) is 104 cm³/mol. The summed E-state index contributed by atoms with van der Waals surface area (Å²) < 4.78 is 0. The van der Waals surface area contributed by atoms with Crippen LogP contribution in [0.1, 0.15) is 59.4 Å². The largest absolute Gasteiger partial charge is 0.344 e. The fourth-order valence-corrected chi connectivity index (χ4v) is 4.10. The van der Waals surface area contributed by atoms with Crippen LogP contribution < -0.4 is 10.7 Å². The molecule has 1 aliphatic carbocycles. The average Bonchev–Trinajstić information content (AvgIpc) is 3.16. The van der Waals surface area contributed by atoms with Gasteiger partial charge in [0, 0.05) is 0 Å². The first-order chi connectivity index (χ1) is 13.8. The minimum atomic E-state index is -0.895. The third-order valence-corrected chi connectivity index (χ3v) is 5.65. The summed E-state index contributed by atoms with van der Waals surface area (Å²) in [6, 6.07) is 5.22. The molecular weight excluding hydrogens is 372 g/mol. The standard InChI is InChI=1S/C20H24N6O3/c1-12-7-8-15(13(2)11-12)26-22-14(3)16(23-26)17(27)24-25-18(28)20(21-19(25)29)9-5-4-6-10-20/h7-8,11H,4-6,9-10H2,1-3H3,(H,21,29)(H,24,27). The minimum Gasteiger partial charge on any atom is -0.322 e. The van der Waals surface area contributed by atoms with Gasteiger partial charge in [0.25, 0.3) is 11.8 Å². The van der Waals surface area contributed by atoms with Gasteiger partial charge < -0.3 is 5.32 Å². The maximum Gasteiger partial charge on any atom is 0.344 e. The van der Waals surface area contributed by atoms with Gasteiger partial charge in [0.1, 0.15) is 5.54 Å². The Balaban J connectivity index is 1.55. The van der Waals surface area contributed by atoms with Crippen LogP contribution in [0.5, 0.6) is 0 Å². The van der Waals surface area contributed by atoms with Gasteiger partial charge in [0.2, 0.25) is 0 Å². The van der Waals surface area contributed by atoms with Crippen LogP contribution >= 0.6 is 0 Å². The van der Waals surface area contributed by atoms with E-state index in [1.807, 2.05) is 32.0 Å². The zero-order valence-electron chi connectivity index (χ0n) is 16.8. The molecule has 1 aromatic carbocycles. The fraction of sp³-hybridized carbons (Fsp3) is 0.450. The summed E-state index contributed by atoms with van der Waals surface area (Å²) in [4.78, 5) is 39.3. The van der Waals surface area contributed by atoms with Crippen molar-refractivity contribution >= 4 is 17.8 Å². The molecule has 4 rings (SSSR count). The average molecular weight is 396 g/mol. The van der Waals surface area contributed by atoms with Crippen molar-refractivity contribution in [3.63, 3.8) is 0 Å². The summed E-state index contributed by atoms with van der Waals surface area (Å²) in [6.07, 6.45) is 3.96. The molecule has 4 amide bonds. The Bertz CT molecular complexity index is 1010. The first-order valence-corrected chi connectivity index (χ1v) is 9.80. The number of urea groups is 1. The lowest BCUT2D eigenvalue weighted by Crippen LogP contribution is -2.51. The molecule has 0 unspecified atom stereocenters. The number of carbonyl (C=O) groups is 3. The molecule has 2 fully saturated rings. The highest BCUT2D eigenvalue weighted by molar-refractivity contribution is 6.09. The quantitative estimate of drug-likeness (QED) is 0.772. The van der Waals surface area contributed by atoms with E-state index in [4.69, 9.17) is 0 Å². The third-order valence-electron chi connectivity index (χ3n) is 5.65. The number of rotatable bonds is 3. The molecule has 9 heteroatoms. The zero-order valence-corrected chi connectivity index (χ0v) is 16.8. The highest BCUT2D eigenvalue weighted by atomic mass is 16.2. The van der Waals surface area contributed by atoms with Gasteiger partial charge in [0.15, 0.2) is 5.69 Å². The van der Waals surface area contributed by atoms with E-state index in [1.165, 1.54) is 4.80 Å². The van der Waals surface area contributed by atoms with Crippen LogP contribution in [0.25, 0.3) is 5.69 Å². The van der Waals surface area contributed by atoms with Gasteiger partial charge in [-0.05, 0) is 45.2 Å². The van der Waals surface area contributed by atoms with Gasteiger partial charge in [-0.25, -0.2) is 4.79 Å². The van der Waals surface area contributed by atoms with E-state index < -0.39 is 23.4 Å². The summed E-state index contributed by atoms with van der Waals surface area (Å²) in [5, 5.41) is 12.2. The molecule has 2 aliphatic rings. The molecule has 0 bridgehead atoms. The first-order valence-electron chi connectivity index (χ1n) is 9.80. The van der Waals surface area contributed by atoms with Gasteiger partial charge in [-0.3, -0.25) is 15.0 Å². The van der Waals surface area contributed by atoms with E-state index in [-0.39, 0.29) is 5.69 Å². The number of imide groups is 1. The van der Waals surface area contributed by atoms with Crippen molar-refractivity contribution in [2.75, 3.05) is 0 Å². The van der Waals surface area contributed by atoms with Crippen molar-refractivity contribution in [3.05, 3.63) is 40.7 Å². The maximum absolute atomic E-state index is 12.8. The van der Waals surface area contributed by atoms with Crippen LogP contribution in [0.4, 0.5) is 4.79 Å². The maximum atomic E-state index is 12.8. The number of hydrazine groups is 1. The van der Waals surface area contributed by atoms with Crippen LogP contribution in [0.15, 0.2) is 18.2 Å². The number of benzene rings is 1. The van der Waals surface area contributed by atoms with E-state index >= 15 is 0 Å². The minimum absolute atomic E-state index is 0.0650. The Morgan fingerprint density at radius 2 is 1.83 bits per heavy atom. The van der Waals surface area contributed by atoms with Gasteiger partial charge in [-0.2, -0.15) is 14.9 Å². The van der Waals surface area contributed by atoms with Gasteiger partial charge in [-0.1, -0.05) is 37.0 Å². The zero-order chi connectivity index (χ0) is 20.8. The number of hydrogen-bond acceptors (Lipinski definition) is 5. The molecule has 152 valence electrons. The van der Waals surface area contributed by atoms with Crippen LogP contribution in [-0.2, 0) is 4.79 Å². The van der Waals surface area contributed by atoms with E-state index in [1.54, 1.807) is 6.92 Å². The lowest BCUT2D eigenvalue weighted by atomic mass is 9.82. The van der Waals surface area contributed by atoms with Gasteiger partial charge in [-0.15, -0.1) is 5.10 Å². The summed E-state index contributed by atoms with van der Waals surface area (Å²) >= 11 is 0. The Hall–Kier alpha value is -3.23. The number of aromatic nitrogens is 3. The molecule has 1 spiro atoms. The third kappa shape index (κ3) is 3.26. The highest BCUT2D eigenvalue weighted by Gasteiger charge is 2.52. The lowest BCUT2D eigenvalue weighted by Gasteiger charge is -2.30. The second-order valence-electron chi connectivity index (χ2n) is 7.87. The number of hydrogen-bond donors (Lipinski definition) is 2. The monoisotopic (exact) mass is 396 g/mol. The summed E-state index contributed by atoms with van der Waals surface area (Å²) in [5.74, 6) is -1.05. The van der Waals surface area contributed by atoms with Crippen LogP contribution in [-0.4, -0.2) is 43.4 Å². The van der Waals surface area contributed by atoms with Gasteiger partial charge in [0.05, 0.1) is 11.4 Å². The molecule has 1 saturated heterocycles. The van der Waals surface area contributed by atoms with E-state index in [0.717, 1.165) is 41.1 Å². The van der Waals surface area contributed by atoms with E-state index in [2.05, 4.69) is 20.9 Å². The Kier molecular flexibility index (Phi) is 4.60. The molecule has 0 atom stereocenters. The van der Waals surface area contributed by atoms with Crippen molar-refractivity contribution in [1.82, 2.24) is 30.7 Å². The normalized spacial score (nSPS) is 18.2. The fourth-order valence-electron chi connectivity index (χ4n) is 4.10. The topological polar surface area (TPSA) is 109 Å². The smallest absolute Gasteiger partial charge is 0.322 e. The number of carbonyl (C=O) groups excluding carboxylic acids is 3. The van der Waals surface area contributed by atoms with E-state index in [9.17, 15) is 14.4 Å². The Labute approximate surface area is 168 Å². The molecule has 9 nitrogen and oxygen atoms in total. The number of aryl methyl sites for hydroxylation is 3. The SMILES string of the molecule is Cc1ccc(-n2nc(C)c(C(=O)NN3C(=O)NC4(CCCCC4)C3=O)n2)c(C)c1. The molecule has 2 aromatic rings. The van der Waals surface area contributed by atoms with Crippen LogP contribution in [0.3, 0.4) is 0 Å². The van der Waals surface area contributed by atoms with E-state index in [0.29, 0.717) is 18.5 Å². The number of nitrogens with one attached hydrogen (secondary N) is 2. The van der Waals surface area contributed by atoms with Crippen molar-refractivity contribution in [1.29, 1.82) is 0 Å². The van der Waals surface area contributed by atoms with Crippen molar-refractivity contribution < 1.29 is 14.4 Å². The van der Waals surface area contributed by atoms with Crippen LogP contribution in [0, 0.1) is 20.8 Å². The number of amides is 4. The van der Waals surface area contributed by atoms with Crippen molar-refractivity contribution in [3.8, 4) is 5.69 Å². The molecule has 1 aromatic heterocycles. The number of nitrogens with zero attached hydrogens (tertiary/aromatic N) is 4. The first kappa shape index (κ1) is 19.1. The van der Waals surface area contributed by atoms with Crippen molar-refractivity contribution in [2.24, 2.45) is 0 Å². The molecule has 2 N–H and O–H groups in total. The van der Waals surface area contributed by atoms with Crippen LogP contribution in [0.2, 0.25) is 0 Å². The predicted octanol–water partition coefficient (Wildman–Crippen LogP) is 2.09.